The van der Waals surface area contributed by atoms with Gasteiger partial charge in [-0.1, -0.05) is 17.7 Å². The molecule has 0 fully saturated rings. The maximum Gasteiger partial charge on any atom is 0.253 e. The van der Waals surface area contributed by atoms with Crippen LogP contribution in [0.1, 0.15) is 15.9 Å². The Balaban J connectivity index is 1.87. The highest BCUT2D eigenvalue weighted by atomic mass is 32.2. The second-order valence-electron chi connectivity index (χ2n) is 5.43. The zero-order chi connectivity index (χ0) is 16.8. The van der Waals surface area contributed by atoms with Crippen LogP contribution in [-0.4, -0.2) is 36.6 Å². The number of amides is 2. The van der Waals surface area contributed by atoms with Crippen LogP contribution in [0.5, 0.6) is 0 Å². The molecular formula is C18H20N2O2S. The van der Waals surface area contributed by atoms with Crippen molar-refractivity contribution in [1.29, 1.82) is 0 Å². The predicted octanol–water partition coefficient (Wildman–Crippen LogP) is 3.43. The van der Waals surface area contributed by atoms with E-state index in [-0.39, 0.29) is 11.8 Å². The smallest absolute Gasteiger partial charge is 0.253 e. The number of rotatable bonds is 5. The molecule has 0 unspecified atom stereocenters. The lowest BCUT2D eigenvalue weighted by Crippen LogP contribution is -2.21. The number of nitrogens with zero attached hydrogens (tertiary/aromatic N) is 1. The van der Waals surface area contributed by atoms with Crippen molar-refractivity contribution in [3.8, 4) is 0 Å². The van der Waals surface area contributed by atoms with Gasteiger partial charge in [-0.3, -0.25) is 9.59 Å². The third kappa shape index (κ3) is 5.14. The van der Waals surface area contributed by atoms with Gasteiger partial charge in [0, 0.05) is 30.2 Å². The molecule has 0 spiro atoms. The zero-order valence-electron chi connectivity index (χ0n) is 13.5. The van der Waals surface area contributed by atoms with E-state index in [0.717, 1.165) is 4.90 Å². The van der Waals surface area contributed by atoms with E-state index < -0.39 is 0 Å². The van der Waals surface area contributed by atoms with Gasteiger partial charge >= 0.3 is 0 Å². The molecule has 2 aromatic rings. The summed E-state index contributed by atoms with van der Waals surface area (Å²) in [5.74, 6) is 0.224. The molecular weight excluding hydrogens is 308 g/mol. The first-order valence-electron chi connectivity index (χ1n) is 7.27. The summed E-state index contributed by atoms with van der Waals surface area (Å²) in [6, 6.07) is 15.0. The lowest BCUT2D eigenvalue weighted by atomic mass is 10.2. The summed E-state index contributed by atoms with van der Waals surface area (Å²) in [4.78, 5) is 26.4. The molecule has 0 heterocycles. The fraction of sp³-hybridized carbons (Fsp3) is 0.222. The molecule has 0 bridgehead atoms. The SMILES string of the molecule is Cc1ccc(SCC(=O)Nc2ccc(C(=O)N(C)C)cc2)cc1. The average molecular weight is 328 g/mol. The van der Waals surface area contributed by atoms with Crippen molar-refractivity contribution in [2.24, 2.45) is 0 Å². The van der Waals surface area contributed by atoms with Crippen LogP contribution in [0.2, 0.25) is 0 Å². The Kier molecular flexibility index (Phi) is 5.82. The van der Waals surface area contributed by atoms with E-state index in [9.17, 15) is 9.59 Å². The van der Waals surface area contributed by atoms with Gasteiger partial charge in [0.15, 0.2) is 0 Å². The lowest BCUT2D eigenvalue weighted by molar-refractivity contribution is -0.113. The Bertz CT molecular complexity index is 679. The molecule has 2 rings (SSSR count). The summed E-state index contributed by atoms with van der Waals surface area (Å²) < 4.78 is 0. The van der Waals surface area contributed by atoms with Crippen molar-refractivity contribution in [3.05, 3.63) is 59.7 Å². The monoisotopic (exact) mass is 328 g/mol. The number of carbonyl (C=O) groups is 2. The van der Waals surface area contributed by atoms with E-state index in [4.69, 9.17) is 0 Å². The van der Waals surface area contributed by atoms with Crippen LogP contribution in [0, 0.1) is 6.92 Å². The minimum absolute atomic E-state index is 0.0576. The molecule has 0 aliphatic carbocycles. The molecule has 0 radical (unpaired) electrons. The van der Waals surface area contributed by atoms with E-state index in [1.165, 1.54) is 22.2 Å². The van der Waals surface area contributed by atoms with Gasteiger partial charge < -0.3 is 10.2 Å². The highest BCUT2D eigenvalue weighted by Crippen LogP contribution is 2.19. The number of aryl methyl sites for hydroxylation is 1. The molecule has 0 aromatic heterocycles. The first-order chi connectivity index (χ1) is 11.0. The summed E-state index contributed by atoms with van der Waals surface area (Å²) in [6.45, 7) is 2.03. The quantitative estimate of drug-likeness (QED) is 0.856. The number of hydrogen-bond acceptors (Lipinski definition) is 3. The average Bonchev–Trinajstić information content (AvgIpc) is 2.54. The number of benzene rings is 2. The van der Waals surface area contributed by atoms with Crippen molar-refractivity contribution in [2.75, 3.05) is 25.2 Å². The number of nitrogens with one attached hydrogen (secondary N) is 1. The van der Waals surface area contributed by atoms with Gasteiger partial charge in [0.1, 0.15) is 0 Å². The highest BCUT2D eigenvalue weighted by Gasteiger charge is 2.08. The summed E-state index contributed by atoms with van der Waals surface area (Å²) in [5, 5.41) is 2.83. The van der Waals surface area contributed by atoms with E-state index in [1.807, 2.05) is 31.2 Å². The highest BCUT2D eigenvalue weighted by molar-refractivity contribution is 8.00. The van der Waals surface area contributed by atoms with Crippen LogP contribution in [-0.2, 0) is 4.79 Å². The summed E-state index contributed by atoms with van der Waals surface area (Å²) in [7, 11) is 3.42. The van der Waals surface area contributed by atoms with Gasteiger partial charge in [-0.15, -0.1) is 11.8 Å². The number of hydrogen-bond donors (Lipinski definition) is 1. The predicted molar refractivity (Wildman–Crippen MR) is 95.0 cm³/mol. The van der Waals surface area contributed by atoms with E-state index in [1.54, 1.807) is 38.4 Å². The van der Waals surface area contributed by atoms with Crippen LogP contribution < -0.4 is 5.32 Å². The van der Waals surface area contributed by atoms with Crippen molar-refractivity contribution in [3.63, 3.8) is 0 Å². The Morgan fingerprint density at radius 2 is 1.61 bits per heavy atom. The molecule has 2 aromatic carbocycles. The van der Waals surface area contributed by atoms with Gasteiger partial charge in [-0.25, -0.2) is 0 Å². The van der Waals surface area contributed by atoms with Crippen LogP contribution in [0.4, 0.5) is 5.69 Å². The standard InChI is InChI=1S/C18H20N2O2S/c1-13-4-10-16(11-5-13)23-12-17(21)19-15-8-6-14(7-9-15)18(22)20(2)3/h4-11H,12H2,1-3H3,(H,19,21). The van der Waals surface area contributed by atoms with Crippen molar-refractivity contribution in [1.82, 2.24) is 4.90 Å². The van der Waals surface area contributed by atoms with Crippen molar-refractivity contribution >= 4 is 29.3 Å². The van der Waals surface area contributed by atoms with Gasteiger partial charge in [0.25, 0.3) is 5.91 Å². The fourth-order valence-corrected chi connectivity index (χ4v) is 2.63. The maximum atomic E-state index is 12.0. The lowest BCUT2D eigenvalue weighted by Gasteiger charge is -2.11. The molecule has 0 saturated heterocycles. The third-order valence-corrected chi connectivity index (χ3v) is 4.22. The van der Waals surface area contributed by atoms with Gasteiger partial charge in [0.2, 0.25) is 5.91 Å². The Hall–Kier alpha value is -2.27. The molecule has 0 aliphatic rings. The summed E-state index contributed by atoms with van der Waals surface area (Å²) >= 11 is 1.50. The van der Waals surface area contributed by atoms with Gasteiger partial charge in [-0.05, 0) is 43.3 Å². The molecule has 5 heteroatoms. The zero-order valence-corrected chi connectivity index (χ0v) is 14.3. The van der Waals surface area contributed by atoms with Crippen molar-refractivity contribution < 1.29 is 9.59 Å². The molecule has 2 amide bonds. The molecule has 120 valence electrons. The second kappa shape index (κ2) is 7.83. The van der Waals surface area contributed by atoms with Gasteiger partial charge in [-0.2, -0.15) is 0 Å². The largest absolute Gasteiger partial charge is 0.345 e. The van der Waals surface area contributed by atoms with Gasteiger partial charge in [0.05, 0.1) is 5.75 Å². The first-order valence-corrected chi connectivity index (χ1v) is 8.25. The molecule has 0 atom stereocenters. The Labute approximate surface area is 140 Å². The number of anilines is 1. The molecule has 0 saturated carbocycles. The number of carbonyl (C=O) groups excluding carboxylic acids is 2. The van der Waals surface area contributed by atoms with Crippen molar-refractivity contribution in [2.45, 2.75) is 11.8 Å². The third-order valence-electron chi connectivity index (χ3n) is 3.21. The topological polar surface area (TPSA) is 49.4 Å². The number of thioether (sulfide) groups is 1. The molecule has 1 N–H and O–H groups in total. The minimum atomic E-state index is -0.0674. The fourth-order valence-electron chi connectivity index (χ4n) is 1.93. The van der Waals surface area contributed by atoms with Crippen LogP contribution in [0.25, 0.3) is 0 Å². The van der Waals surface area contributed by atoms with Crippen LogP contribution in [0.15, 0.2) is 53.4 Å². The van der Waals surface area contributed by atoms with E-state index in [2.05, 4.69) is 5.32 Å². The molecule has 4 nitrogen and oxygen atoms in total. The molecule has 0 aliphatic heterocycles. The Morgan fingerprint density at radius 3 is 2.17 bits per heavy atom. The van der Waals surface area contributed by atoms with E-state index in [0.29, 0.717) is 17.0 Å². The summed E-state index contributed by atoms with van der Waals surface area (Å²) in [5.41, 5.74) is 2.49. The maximum absolute atomic E-state index is 12.0. The molecule has 23 heavy (non-hydrogen) atoms. The second-order valence-corrected chi connectivity index (χ2v) is 6.48. The normalized spacial score (nSPS) is 10.2. The van der Waals surface area contributed by atoms with Crippen LogP contribution >= 0.6 is 11.8 Å². The minimum Gasteiger partial charge on any atom is -0.345 e. The van der Waals surface area contributed by atoms with E-state index >= 15 is 0 Å². The Morgan fingerprint density at radius 1 is 1.00 bits per heavy atom. The summed E-state index contributed by atoms with van der Waals surface area (Å²) in [6.07, 6.45) is 0. The van der Waals surface area contributed by atoms with Crippen LogP contribution in [0.3, 0.4) is 0 Å². The first kappa shape index (κ1) is 17.1.